The molecular weight excluding hydrogens is 340 g/mol. The number of carbonyl (C=O) groups excluding carboxylic acids is 2. The van der Waals surface area contributed by atoms with Gasteiger partial charge in [0.1, 0.15) is 0 Å². The number of nitrogens with zero attached hydrogens (tertiary/aromatic N) is 2. The lowest BCUT2D eigenvalue weighted by Crippen LogP contribution is -2.50. The van der Waals surface area contributed by atoms with Gasteiger partial charge in [-0.25, -0.2) is 4.79 Å². The van der Waals surface area contributed by atoms with Gasteiger partial charge in [0.05, 0.1) is 0 Å². The Hall–Kier alpha value is -3.02. The smallest absolute Gasteiger partial charge is 0.321 e. The first-order valence-corrected chi connectivity index (χ1v) is 9.39. The molecule has 140 valence electrons. The van der Waals surface area contributed by atoms with Gasteiger partial charge in [0.2, 0.25) is 5.91 Å². The number of hydrogen-bond acceptors (Lipinski definition) is 3. The summed E-state index contributed by atoms with van der Waals surface area (Å²) in [6.45, 7) is 5.14. The third kappa shape index (κ3) is 3.89. The average Bonchev–Trinajstić information content (AvgIpc) is 2.68. The number of amides is 3. The summed E-state index contributed by atoms with van der Waals surface area (Å²) in [5.74, 6) is 0.0470. The van der Waals surface area contributed by atoms with Crippen molar-refractivity contribution in [2.45, 2.75) is 19.8 Å². The van der Waals surface area contributed by atoms with Crippen molar-refractivity contribution in [3.05, 3.63) is 53.6 Å². The lowest BCUT2D eigenvalue weighted by Gasteiger charge is -2.36. The largest absolute Gasteiger partial charge is 0.368 e. The highest BCUT2D eigenvalue weighted by Crippen LogP contribution is 2.26. The zero-order valence-corrected chi connectivity index (χ0v) is 15.5. The minimum atomic E-state index is -0.0707. The molecule has 2 aromatic rings. The Morgan fingerprint density at radius 1 is 1.04 bits per heavy atom. The highest BCUT2D eigenvalue weighted by atomic mass is 16.2. The number of piperazine rings is 1. The van der Waals surface area contributed by atoms with Gasteiger partial charge >= 0.3 is 6.03 Å². The molecule has 0 spiro atoms. The molecule has 2 heterocycles. The number of aryl methyl sites for hydroxylation is 2. The second-order valence-electron chi connectivity index (χ2n) is 7.16. The van der Waals surface area contributed by atoms with Crippen molar-refractivity contribution in [3.63, 3.8) is 0 Å². The molecule has 1 fully saturated rings. The van der Waals surface area contributed by atoms with E-state index in [0.717, 1.165) is 30.0 Å². The zero-order valence-electron chi connectivity index (χ0n) is 15.5. The maximum Gasteiger partial charge on any atom is 0.321 e. The number of nitrogens with one attached hydrogen (secondary N) is 2. The maximum atomic E-state index is 12.6. The van der Waals surface area contributed by atoms with Crippen LogP contribution in [0.5, 0.6) is 0 Å². The molecule has 4 rings (SSSR count). The quantitative estimate of drug-likeness (QED) is 0.860. The summed E-state index contributed by atoms with van der Waals surface area (Å²) in [6, 6.07) is 14.0. The van der Waals surface area contributed by atoms with Crippen molar-refractivity contribution in [2.24, 2.45) is 0 Å². The fraction of sp³-hybridized carbons (Fsp3) is 0.333. The molecule has 2 aliphatic rings. The van der Waals surface area contributed by atoms with Gasteiger partial charge in [0, 0.05) is 49.7 Å². The monoisotopic (exact) mass is 364 g/mol. The molecule has 0 radical (unpaired) electrons. The lowest BCUT2D eigenvalue weighted by atomic mass is 10.0. The van der Waals surface area contributed by atoms with Crippen LogP contribution in [0.25, 0.3) is 0 Å². The van der Waals surface area contributed by atoms with Crippen molar-refractivity contribution in [1.29, 1.82) is 0 Å². The minimum absolute atomic E-state index is 0.0470. The van der Waals surface area contributed by atoms with Crippen LogP contribution in [-0.2, 0) is 11.2 Å². The van der Waals surface area contributed by atoms with Crippen molar-refractivity contribution in [2.75, 3.05) is 41.7 Å². The second-order valence-corrected chi connectivity index (χ2v) is 7.16. The number of carbonyl (C=O) groups is 2. The molecule has 2 aliphatic heterocycles. The van der Waals surface area contributed by atoms with Crippen LogP contribution in [0.15, 0.2) is 42.5 Å². The summed E-state index contributed by atoms with van der Waals surface area (Å²) in [5, 5.41) is 5.85. The van der Waals surface area contributed by atoms with E-state index in [9.17, 15) is 9.59 Å². The highest BCUT2D eigenvalue weighted by molar-refractivity contribution is 5.95. The first-order valence-electron chi connectivity index (χ1n) is 9.39. The number of fused-ring (bicyclic) bond motifs is 1. The van der Waals surface area contributed by atoms with Crippen LogP contribution in [0.1, 0.15) is 17.5 Å². The summed E-state index contributed by atoms with van der Waals surface area (Å²) < 4.78 is 0. The van der Waals surface area contributed by atoms with Crippen LogP contribution >= 0.6 is 0 Å². The normalized spacial score (nSPS) is 16.6. The molecule has 6 nitrogen and oxygen atoms in total. The minimum Gasteiger partial charge on any atom is -0.368 e. The van der Waals surface area contributed by atoms with E-state index in [4.69, 9.17) is 0 Å². The van der Waals surface area contributed by atoms with Gasteiger partial charge in [0.25, 0.3) is 0 Å². The fourth-order valence-electron chi connectivity index (χ4n) is 3.66. The second kappa shape index (κ2) is 7.31. The van der Waals surface area contributed by atoms with Gasteiger partial charge in [-0.1, -0.05) is 12.1 Å². The number of rotatable bonds is 2. The molecule has 0 bridgehead atoms. The molecule has 0 saturated carbocycles. The van der Waals surface area contributed by atoms with Crippen LogP contribution in [0.4, 0.5) is 21.9 Å². The summed E-state index contributed by atoms with van der Waals surface area (Å²) in [4.78, 5) is 28.2. The van der Waals surface area contributed by atoms with Crippen molar-refractivity contribution in [3.8, 4) is 0 Å². The van der Waals surface area contributed by atoms with Crippen LogP contribution in [-0.4, -0.2) is 43.0 Å². The molecule has 6 heteroatoms. The van der Waals surface area contributed by atoms with Crippen molar-refractivity contribution < 1.29 is 9.59 Å². The Morgan fingerprint density at radius 3 is 2.63 bits per heavy atom. The molecular formula is C21H24N4O2. The predicted octanol–water partition coefficient (Wildman–Crippen LogP) is 3.23. The Balaban J connectivity index is 1.35. The Kier molecular flexibility index (Phi) is 4.71. The van der Waals surface area contributed by atoms with Gasteiger partial charge in [-0.05, 0) is 54.8 Å². The Labute approximate surface area is 159 Å². The number of urea groups is 1. The molecule has 1 saturated heterocycles. The molecule has 2 aromatic carbocycles. The number of benzene rings is 2. The average molecular weight is 364 g/mol. The van der Waals surface area contributed by atoms with E-state index in [-0.39, 0.29) is 11.9 Å². The first kappa shape index (κ1) is 17.4. The van der Waals surface area contributed by atoms with Gasteiger partial charge in [0.15, 0.2) is 0 Å². The molecule has 0 unspecified atom stereocenters. The first-order chi connectivity index (χ1) is 13.1. The predicted molar refractivity (Wildman–Crippen MR) is 107 cm³/mol. The van der Waals surface area contributed by atoms with Crippen LogP contribution in [0, 0.1) is 6.92 Å². The van der Waals surface area contributed by atoms with Crippen LogP contribution in [0.2, 0.25) is 0 Å². The van der Waals surface area contributed by atoms with Gasteiger partial charge in [-0.3, -0.25) is 4.79 Å². The van der Waals surface area contributed by atoms with Crippen molar-refractivity contribution in [1.82, 2.24) is 4.90 Å². The van der Waals surface area contributed by atoms with E-state index in [0.29, 0.717) is 25.9 Å². The highest BCUT2D eigenvalue weighted by Gasteiger charge is 2.22. The van der Waals surface area contributed by atoms with Gasteiger partial charge in [-0.15, -0.1) is 0 Å². The summed E-state index contributed by atoms with van der Waals surface area (Å²) in [7, 11) is 0. The Morgan fingerprint density at radius 2 is 1.85 bits per heavy atom. The van der Waals surface area contributed by atoms with Gasteiger partial charge < -0.3 is 20.4 Å². The van der Waals surface area contributed by atoms with Crippen LogP contribution < -0.4 is 15.5 Å². The Bertz CT molecular complexity index is 872. The summed E-state index contributed by atoms with van der Waals surface area (Å²) >= 11 is 0. The van der Waals surface area contributed by atoms with E-state index < -0.39 is 0 Å². The standard InChI is InChI=1S/C21H24N4O2/c1-15-3-2-4-18(13-15)24-9-11-25(12-10-24)21(27)22-17-6-7-19-16(14-17)5-8-20(26)23-19/h2-4,6-7,13-14H,5,8-12H2,1H3,(H,22,27)(H,23,26). The molecule has 0 aromatic heterocycles. The topological polar surface area (TPSA) is 64.7 Å². The van der Waals surface area contributed by atoms with Gasteiger partial charge in [-0.2, -0.15) is 0 Å². The van der Waals surface area contributed by atoms with E-state index in [1.54, 1.807) is 0 Å². The molecule has 0 aliphatic carbocycles. The number of anilines is 3. The van der Waals surface area contributed by atoms with Crippen LogP contribution in [0.3, 0.4) is 0 Å². The fourth-order valence-corrected chi connectivity index (χ4v) is 3.66. The third-order valence-electron chi connectivity index (χ3n) is 5.19. The molecule has 2 N–H and O–H groups in total. The van der Waals surface area contributed by atoms with E-state index in [2.05, 4.69) is 46.7 Å². The van der Waals surface area contributed by atoms with E-state index in [1.165, 1.54) is 11.3 Å². The number of hydrogen-bond donors (Lipinski definition) is 2. The van der Waals surface area contributed by atoms with E-state index in [1.807, 2.05) is 23.1 Å². The van der Waals surface area contributed by atoms with Crippen molar-refractivity contribution >= 4 is 29.0 Å². The molecule has 3 amide bonds. The lowest BCUT2D eigenvalue weighted by molar-refractivity contribution is -0.116. The summed E-state index contributed by atoms with van der Waals surface area (Å²) in [6.07, 6.45) is 1.20. The zero-order chi connectivity index (χ0) is 18.8. The van der Waals surface area contributed by atoms with E-state index >= 15 is 0 Å². The SMILES string of the molecule is Cc1cccc(N2CCN(C(=O)Nc3ccc4c(c3)CCC(=O)N4)CC2)c1. The maximum absolute atomic E-state index is 12.6. The summed E-state index contributed by atoms with van der Waals surface area (Å²) in [5.41, 5.74) is 5.15. The molecule has 0 atom stereocenters. The molecule has 27 heavy (non-hydrogen) atoms. The third-order valence-corrected chi connectivity index (χ3v) is 5.19.